The Balaban J connectivity index is 2.70. The van der Waals surface area contributed by atoms with Crippen molar-refractivity contribution in [3.05, 3.63) is 29.0 Å². The molecule has 0 aliphatic carbocycles. The molecular weight excluding hydrogens is 301 g/mol. The molecule has 1 N–H and O–H groups in total. The molecule has 1 amide bonds. The van der Waals surface area contributed by atoms with E-state index in [9.17, 15) is 14.0 Å². The summed E-state index contributed by atoms with van der Waals surface area (Å²) < 4.78 is 18.1. The van der Waals surface area contributed by atoms with Crippen LogP contribution >= 0.6 is 11.6 Å². The van der Waals surface area contributed by atoms with E-state index >= 15 is 0 Å². The molecule has 1 atom stereocenters. The number of carbonyl (C=O) groups excluding carboxylic acids is 1. The molecule has 0 fully saturated rings. The number of nitrogens with zero attached hydrogens (tertiary/aromatic N) is 1. The highest BCUT2D eigenvalue weighted by Gasteiger charge is 2.22. The molecule has 116 valence electrons. The lowest BCUT2D eigenvalue weighted by Crippen LogP contribution is -2.44. The first kappa shape index (κ1) is 17.2. The van der Waals surface area contributed by atoms with Crippen LogP contribution in [0.25, 0.3) is 0 Å². The minimum Gasteiger partial charge on any atom is -0.482 e. The van der Waals surface area contributed by atoms with E-state index in [0.29, 0.717) is 6.42 Å². The van der Waals surface area contributed by atoms with Crippen molar-refractivity contribution >= 4 is 23.5 Å². The van der Waals surface area contributed by atoms with Crippen molar-refractivity contribution in [1.82, 2.24) is 4.90 Å². The molecule has 7 heteroatoms. The molecule has 0 spiro atoms. The van der Waals surface area contributed by atoms with Crippen molar-refractivity contribution in [2.24, 2.45) is 0 Å². The van der Waals surface area contributed by atoms with E-state index in [0.717, 1.165) is 12.1 Å². The van der Waals surface area contributed by atoms with Gasteiger partial charge in [-0.15, -0.1) is 0 Å². The first-order chi connectivity index (χ1) is 9.85. The summed E-state index contributed by atoms with van der Waals surface area (Å²) >= 11 is 5.78. The van der Waals surface area contributed by atoms with Gasteiger partial charge in [0.15, 0.2) is 6.61 Å². The van der Waals surface area contributed by atoms with Gasteiger partial charge in [0, 0.05) is 6.04 Å². The lowest BCUT2D eigenvalue weighted by atomic mass is 10.2. The molecule has 0 aromatic heterocycles. The number of carbonyl (C=O) groups is 2. The van der Waals surface area contributed by atoms with Crippen LogP contribution in [-0.4, -0.2) is 41.1 Å². The standard InChI is InChI=1S/C14H17ClFNO4/c1-3-9(2)17(7-14(19)20)13(18)8-21-12-5-4-10(16)6-11(12)15/h4-6,9H,3,7-8H2,1-2H3,(H,19,20). The molecule has 1 rings (SSSR count). The molecule has 0 saturated heterocycles. The van der Waals surface area contributed by atoms with Gasteiger partial charge in [0.05, 0.1) is 5.02 Å². The molecule has 0 radical (unpaired) electrons. The number of rotatable bonds is 7. The van der Waals surface area contributed by atoms with Crippen molar-refractivity contribution in [2.75, 3.05) is 13.2 Å². The van der Waals surface area contributed by atoms with E-state index in [4.69, 9.17) is 21.4 Å². The van der Waals surface area contributed by atoms with Crippen LogP contribution in [0.5, 0.6) is 5.75 Å². The number of halogens is 2. The molecule has 5 nitrogen and oxygen atoms in total. The molecule has 0 saturated carbocycles. The highest BCUT2D eigenvalue weighted by Crippen LogP contribution is 2.24. The summed E-state index contributed by atoms with van der Waals surface area (Å²) in [5, 5.41) is 8.89. The molecule has 0 aliphatic heterocycles. The largest absolute Gasteiger partial charge is 0.482 e. The van der Waals surface area contributed by atoms with Crippen molar-refractivity contribution in [3.8, 4) is 5.75 Å². The fourth-order valence-corrected chi connectivity index (χ4v) is 1.89. The van der Waals surface area contributed by atoms with Gasteiger partial charge in [0.1, 0.15) is 18.1 Å². The molecule has 0 bridgehead atoms. The first-order valence-electron chi connectivity index (χ1n) is 6.44. The van der Waals surface area contributed by atoms with E-state index in [1.54, 1.807) is 6.92 Å². The maximum atomic E-state index is 12.9. The van der Waals surface area contributed by atoms with Crippen LogP contribution in [0.3, 0.4) is 0 Å². The number of aliphatic carboxylic acids is 1. The summed E-state index contributed by atoms with van der Waals surface area (Å²) in [6.45, 7) is 2.85. The fraction of sp³-hybridized carbons (Fsp3) is 0.429. The van der Waals surface area contributed by atoms with Gasteiger partial charge in [-0.25, -0.2) is 4.39 Å². The zero-order chi connectivity index (χ0) is 16.0. The third kappa shape index (κ3) is 5.23. The predicted octanol–water partition coefficient (Wildman–Crippen LogP) is 2.57. The molecular formula is C14H17ClFNO4. The van der Waals surface area contributed by atoms with Gasteiger partial charge < -0.3 is 14.7 Å². The van der Waals surface area contributed by atoms with Gasteiger partial charge in [-0.1, -0.05) is 18.5 Å². The summed E-state index contributed by atoms with van der Waals surface area (Å²) in [6.07, 6.45) is 0.621. The topological polar surface area (TPSA) is 66.8 Å². The Bertz CT molecular complexity index is 524. The smallest absolute Gasteiger partial charge is 0.323 e. The summed E-state index contributed by atoms with van der Waals surface area (Å²) in [7, 11) is 0. The maximum absolute atomic E-state index is 12.9. The Hall–Kier alpha value is -1.82. The zero-order valence-electron chi connectivity index (χ0n) is 11.8. The van der Waals surface area contributed by atoms with E-state index in [1.165, 1.54) is 11.0 Å². The average molecular weight is 318 g/mol. The second-order valence-electron chi connectivity index (χ2n) is 4.54. The Labute approximate surface area is 127 Å². The van der Waals surface area contributed by atoms with Gasteiger partial charge in [-0.05, 0) is 31.5 Å². The average Bonchev–Trinajstić information content (AvgIpc) is 2.42. The molecule has 1 aromatic rings. The molecule has 0 heterocycles. The summed E-state index contributed by atoms with van der Waals surface area (Å²) in [4.78, 5) is 24.1. The first-order valence-corrected chi connectivity index (χ1v) is 6.82. The zero-order valence-corrected chi connectivity index (χ0v) is 12.6. The van der Waals surface area contributed by atoms with Gasteiger partial charge in [-0.2, -0.15) is 0 Å². The number of hydrogen-bond donors (Lipinski definition) is 1. The van der Waals surface area contributed by atoms with Crippen LogP contribution in [0.15, 0.2) is 18.2 Å². The predicted molar refractivity (Wildman–Crippen MR) is 76.0 cm³/mol. The van der Waals surface area contributed by atoms with Gasteiger partial charge in [-0.3, -0.25) is 9.59 Å². The van der Waals surface area contributed by atoms with Gasteiger partial charge in [0.2, 0.25) is 0 Å². The van der Waals surface area contributed by atoms with Crippen molar-refractivity contribution in [1.29, 1.82) is 0 Å². The highest BCUT2D eigenvalue weighted by atomic mass is 35.5. The van der Waals surface area contributed by atoms with Crippen LogP contribution < -0.4 is 4.74 Å². The van der Waals surface area contributed by atoms with E-state index in [1.807, 2.05) is 6.92 Å². The molecule has 21 heavy (non-hydrogen) atoms. The quantitative estimate of drug-likeness (QED) is 0.839. The number of ether oxygens (including phenoxy) is 1. The third-order valence-corrected chi connectivity index (χ3v) is 3.29. The van der Waals surface area contributed by atoms with Crippen LogP contribution in [0.1, 0.15) is 20.3 Å². The molecule has 0 aliphatic rings. The number of carboxylic acids is 1. The normalized spacial score (nSPS) is 11.8. The Kier molecular flexibility index (Phi) is 6.42. The van der Waals surface area contributed by atoms with E-state index in [2.05, 4.69) is 0 Å². The molecule has 1 aromatic carbocycles. The number of hydrogen-bond acceptors (Lipinski definition) is 3. The van der Waals surface area contributed by atoms with Gasteiger partial charge in [0.25, 0.3) is 5.91 Å². The lowest BCUT2D eigenvalue weighted by Gasteiger charge is -2.26. The maximum Gasteiger partial charge on any atom is 0.323 e. The minimum absolute atomic E-state index is 0.0520. The minimum atomic E-state index is -1.09. The SMILES string of the molecule is CCC(C)N(CC(=O)O)C(=O)COc1ccc(F)cc1Cl. The number of amides is 1. The van der Waals surface area contributed by atoms with Crippen molar-refractivity contribution < 1.29 is 23.8 Å². The van der Waals surface area contributed by atoms with E-state index < -0.39 is 24.2 Å². The summed E-state index contributed by atoms with van der Waals surface area (Å²) in [5.41, 5.74) is 0. The highest BCUT2D eigenvalue weighted by molar-refractivity contribution is 6.32. The Morgan fingerprint density at radius 3 is 2.67 bits per heavy atom. The van der Waals surface area contributed by atoms with Gasteiger partial charge >= 0.3 is 5.97 Å². The summed E-state index contributed by atoms with van der Waals surface area (Å²) in [6, 6.07) is 3.33. The molecule has 1 unspecified atom stereocenters. The monoisotopic (exact) mass is 317 g/mol. The van der Waals surface area contributed by atoms with Crippen molar-refractivity contribution in [3.63, 3.8) is 0 Å². The lowest BCUT2D eigenvalue weighted by molar-refractivity contribution is -0.147. The second-order valence-corrected chi connectivity index (χ2v) is 4.94. The second kappa shape index (κ2) is 7.83. The Morgan fingerprint density at radius 1 is 1.48 bits per heavy atom. The fourth-order valence-electron chi connectivity index (χ4n) is 1.67. The van der Waals surface area contributed by atoms with Crippen LogP contribution in [0, 0.1) is 5.82 Å². The van der Waals surface area contributed by atoms with Crippen LogP contribution in [0.4, 0.5) is 4.39 Å². The third-order valence-electron chi connectivity index (χ3n) is 2.99. The summed E-state index contributed by atoms with van der Waals surface area (Å²) in [5.74, 6) is -1.90. The van der Waals surface area contributed by atoms with Crippen molar-refractivity contribution in [2.45, 2.75) is 26.3 Å². The number of carboxylic acid groups (broad SMARTS) is 1. The van der Waals surface area contributed by atoms with Crippen LogP contribution in [0.2, 0.25) is 5.02 Å². The number of benzene rings is 1. The van der Waals surface area contributed by atoms with E-state index in [-0.39, 0.29) is 23.4 Å². The van der Waals surface area contributed by atoms with Crippen LogP contribution in [-0.2, 0) is 9.59 Å². The Morgan fingerprint density at radius 2 is 2.14 bits per heavy atom.